The van der Waals surface area contributed by atoms with Crippen molar-refractivity contribution in [2.45, 2.75) is 5.41 Å². The van der Waals surface area contributed by atoms with Crippen LogP contribution in [0.15, 0.2) is 96.6 Å². The molecule has 0 N–H and O–H groups in total. The van der Waals surface area contributed by atoms with Gasteiger partial charge in [0.25, 0.3) is 0 Å². The summed E-state index contributed by atoms with van der Waals surface area (Å²) in [5.74, 6) is 0. The van der Waals surface area contributed by atoms with E-state index in [0.29, 0.717) is 5.02 Å². The van der Waals surface area contributed by atoms with Crippen molar-refractivity contribution in [3.8, 4) is 11.1 Å². The summed E-state index contributed by atoms with van der Waals surface area (Å²) >= 11 is 13.6. The summed E-state index contributed by atoms with van der Waals surface area (Å²) in [5.41, 5.74) is 7.64. The van der Waals surface area contributed by atoms with E-state index in [1.165, 1.54) is 22.3 Å². The summed E-state index contributed by atoms with van der Waals surface area (Å²) in [6.07, 6.45) is 5.75. The molecule has 0 saturated heterocycles. The Balaban J connectivity index is 1.97. The lowest BCUT2D eigenvalue weighted by molar-refractivity contribution is 0.805. The predicted molar refractivity (Wildman–Crippen MR) is 115 cm³/mol. The third-order valence-corrected chi connectivity index (χ3v) is 6.31. The third-order valence-electron chi connectivity index (χ3n) is 5.59. The van der Waals surface area contributed by atoms with E-state index >= 15 is 0 Å². The van der Waals surface area contributed by atoms with Crippen LogP contribution in [0.5, 0.6) is 0 Å². The highest BCUT2D eigenvalue weighted by molar-refractivity contribution is 6.37. The standard InChI is InChI=1S/C25H16Cl2/c1-2-3-8-20-19-14-13-16(26)15-23(19)25(24(20)27)21-11-6-4-9-17(21)18-10-5-7-12-22(18)25/h2-15H,1H2/b8-3-. The highest BCUT2D eigenvalue weighted by Crippen LogP contribution is 2.63. The molecule has 0 atom stereocenters. The summed E-state index contributed by atoms with van der Waals surface area (Å²) in [6.45, 7) is 3.80. The lowest BCUT2D eigenvalue weighted by Crippen LogP contribution is -2.25. The minimum atomic E-state index is -0.518. The first-order valence-electron chi connectivity index (χ1n) is 8.88. The molecule has 3 aromatic carbocycles. The lowest BCUT2D eigenvalue weighted by atomic mass is 9.74. The maximum absolute atomic E-state index is 7.20. The Kier molecular flexibility index (Phi) is 3.69. The molecule has 0 bridgehead atoms. The Morgan fingerprint density at radius 3 is 2.00 bits per heavy atom. The second kappa shape index (κ2) is 5.99. The van der Waals surface area contributed by atoms with Crippen molar-refractivity contribution >= 4 is 28.8 Å². The Morgan fingerprint density at radius 2 is 1.37 bits per heavy atom. The summed E-state index contributed by atoms with van der Waals surface area (Å²) in [4.78, 5) is 0. The zero-order chi connectivity index (χ0) is 18.6. The number of fused-ring (bicyclic) bond motifs is 7. The minimum Gasteiger partial charge on any atom is -0.0991 e. The summed E-state index contributed by atoms with van der Waals surface area (Å²) in [6, 6.07) is 23.1. The predicted octanol–water partition coefficient (Wildman–Crippen LogP) is 7.36. The van der Waals surface area contributed by atoms with Gasteiger partial charge in [-0.1, -0.05) is 103 Å². The maximum Gasteiger partial charge on any atom is 0.0833 e. The maximum atomic E-state index is 7.20. The second-order valence-corrected chi connectivity index (χ2v) is 7.67. The molecule has 0 aliphatic heterocycles. The van der Waals surface area contributed by atoms with Gasteiger partial charge < -0.3 is 0 Å². The highest BCUT2D eigenvalue weighted by Gasteiger charge is 2.52. The van der Waals surface area contributed by atoms with Crippen molar-refractivity contribution in [1.29, 1.82) is 0 Å². The number of hydrogen-bond acceptors (Lipinski definition) is 0. The van der Waals surface area contributed by atoms with Crippen LogP contribution in [0.2, 0.25) is 5.02 Å². The van der Waals surface area contributed by atoms with E-state index in [-0.39, 0.29) is 0 Å². The molecular weight excluding hydrogens is 371 g/mol. The molecule has 0 fully saturated rings. The second-order valence-electron chi connectivity index (χ2n) is 6.85. The van der Waals surface area contributed by atoms with Gasteiger partial charge >= 0.3 is 0 Å². The van der Waals surface area contributed by atoms with E-state index in [4.69, 9.17) is 23.2 Å². The summed E-state index contributed by atoms with van der Waals surface area (Å²) in [7, 11) is 0. The number of rotatable bonds is 2. The number of allylic oxidation sites excluding steroid dienone is 5. The van der Waals surface area contributed by atoms with Crippen molar-refractivity contribution in [3.63, 3.8) is 0 Å². The molecule has 27 heavy (non-hydrogen) atoms. The molecule has 0 radical (unpaired) electrons. The molecule has 0 saturated carbocycles. The van der Waals surface area contributed by atoms with Gasteiger partial charge in [-0.2, -0.15) is 0 Å². The normalized spacial score (nSPS) is 15.9. The number of benzene rings is 3. The van der Waals surface area contributed by atoms with Crippen molar-refractivity contribution < 1.29 is 0 Å². The van der Waals surface area contributed by atoms with E-state index < -0.39 is 5.41 Å². The molecule has 0 amide bonds. The van der Waals surface area contributed by atoms with E-state index in [2.05, 4.69) is 67.2 Å². The zero-order valence-corrected chi connectivity index (χ0v) is 16.1. The molecule has 5 rings (SSSR count). The zero-order valence-electron chi connectivity index (χ0n) is 14.5. The van der Waals surface area contributed by atoms with Crippen molar-refractivity contribution in [2.75, 3.05) is 0 Å². The van der Waals surface area contributed by atoms with Gasteiger partial charge in [-0.25, -0.2) is 0 Å². The molecular formula is C25H16Cl2. The molecule has 0 nitrogen and oxygen atoms in total. The number of hydrogen-bond donors (Lipinski definition) is 0. The van der Waals surface area contributed by atoms with Crippen LogP contribution < -0.4 is 0 Å². The van der Waals surface area contributed by atoms with Gasteiger partial charge in [0.05, 0.1) is 5.41 Å². The van der Waals surface area contributed by atoms with Crippen LogP contribution in [-0.4, -0.2) is 0 Å². The van der Waals surface area contributed by atoms with Crippen LogP contribution in [0, 0.1) is 0 Å². The van der Waals surface area contributed by atoms with Crippen LogP contribution in [0.4, 0.5) is 0 Å². The Morgan fingerprint density at radius 1 is 0.741 bits per heavy atom. The molecule has 130 valence electrons. The summed E-state index contributed by atoms with van der Waals surface area (Å²) in [5, 5.41) is 1.53. The van der Waals surface area contributed by atoms with Gasteiger partial charge in [0.1, 0.15) is 0 Å². The average Bonchev–Trinajstić information content (AvgIpc) is 3.13. The largest absolute Gasteiger partial charge is 0.0991 e. The minimum absolute atomic E-state index is 0.518. The van der Waals surface area contributed by atoms with Crippen LogP contribution in [0.1, 0.15) is 22.3 Å². The Hall–Kier alpha value is -2.54. The van der Waals surface area contributed by atoms with E-state index in [9.17, 15) is 0 Å². The van der Waals surface area contributed by atoms with Crippen molar-refractivity contribution in [1.82, 2.24) is 0 Å². The van der Waals surface area contributed by atoms with Gasteiger partial charge in [0.15, 0.2) is 0 Å². The summed E-state index contributed by atoms with van der Waals surface area (Å²) < 4.78 is 0. The molecule has 0 unspecified atom stereocenters. The van der Waals surface area contributed by atoms with Gasteiger partial charge in [-0.15, -0.1) is 0 Å². The molecule has 2 aliphatic rings. The lowest BCUT2D eigenvalue weighted by Gasteiger charge is -2.29. The quantitative estimate of drug-likeness (QED) is 0.403. The van der Waals surface area contributed by atoms with E-state index in [1.807, 2.05) is 18.2 Å². The van der Waals surface area contributed by atoms with Crippen LogP contribution in [0.25, 0.3) is 16.7 Å². The van der Waals surface area contributed by atoms with Gasteiger partial charge in [-0.05, 0) is 51.1 Å². The smallest absolute Gasteiger partial charge is 0.0833 e. The first kappa shape index (κ1) is 16.6. The fourth-order valence-electron chi connectivity index (χ4n) is 4.59. The van der Waals surface area contributed by atoms with Crippen LogP contribution in [-0.2, 0) is 5.41 Å². The van der Waals surface area contributed by atoms with Crippen molar-refractivity contribution in [2.24, 2.45) is 0 Å². The average molecular weight is 387 g/mol. The molecule has 0 heterocycles. The molecule has 2 heteroatoms. The van der Waals surface area contributed by atoms with Crippen LogP contribution >= 0.6 is 23.2 Å². The monoisotopic (exact) mass is 386 g/mol. The fourth-order valence-corrected chi connectivity index (χ4v) is 5.23. The topological polar surface area (TPSA) is 0 Å². The van der Waals surface area contributed by atoms with E-state index in [0.717, 1.165) is 21.7 Å². The fraction of sp³-hybridized carbons (Fsp3) is 0.0400. The van der Waals surface area contributed by atoms with Crippen molar-refractivity contribution in [3.05, 3.63) is 124 Å². The molecule has 3 aromatic rings. The van der Waals surface area contributed by atoms with Crippen LogP contribution in [0.3, 0.4) is 0 Å². The van der Waals surface area contributed by atoms with Gasteiger partial charge in [-0.3, -0.25) is 0 Å². The molecule has 0 aromatic heterocycles. The number of halogens is 2. The Bertz CT molecular complexity index is 1120. The van der Waals surface area contributed by atoms with Gasteiger partial charge in [0, 0.05) is 10.1 Å². The first-order valence-corrected chi connectivity index (χ1v) is 9.64. The first-order chi connectivity index (χ1) is 13.2. The Labute approximate surface area is 169 Å². The SMILES string of the molecule is C=C/C=C\C1=C(Cl)C2(c3cc(Cl)ccc31)c1ccccc1-c1ccccc12. The molecule has 2 aliphatic carbocycles. The third kappa shape index (κ3) is 2.06. The van der Waals surface area contributed by atoms with E-state index in [1.54, 1.807) is 6.08 Å². The molecule has 1 spiro atoms. The van der Waals surface area contributed by atoms with Gasteiger partial charge in [0.2, 0.25) is 0 Å². The highest BCUT2D eigenvalue weighted by atomic mass is 35.5.